The van der Waals surface area contributed by atoms with Crippen molar-refractivity contribution in [1.29, 1.82) is 5.26 Å². The zero-order valence-corrected chi connectivity index (χ0v) is 19.5. The van der Waals surface area contributed by atoms with Crippen molar-refractivity contribution >= 4 is 33.9 Å². The smallest absolute Gasteiger partial charge is 0.136 e. The van der Waals surface area contributed by atoms with E-state index in [0.717, 1.165) is 17.1 Å². The van der Waals surface area contributed by atoms with Crippen LogP contribution in [-0.4, -0.2) is 30.1 Å². The predicted molar refractivity (Wildman–Crippen MR) is 133 cm³/mol. The van der Waals surface area contributed by atoms with Crippen molar-refractivity contribution in [3.8, 4) is 11.8 Å². The number of methoxy groups -OCH3 is 1. The Morgan fingerprint density at radius 3 is 2.03 bits per heavy atom. The van der Waals surface area contributed by atoms with Gasteiger partial charge in [0.05, 0.1) is 18.7 Å². The van der Waals surface area contributed by atoms with Gasteiger partial charge in [0.2, 0.25) is 0 Å². The highest BCUT2D eigenvalue weighted by Crippen LogP contribution is 2.31. The minimum absolute atomic E-state index is 0.514. The molecular formula is C26H31NOS2+2. The van der Waals surface area contributed by atoms with Crippen LogP contribution in [0.4, 0.5) is 0 Å². The van der Waals surface area contributed by atoms with Gasteiger partial charge in [-0.25, -0.2) is 0 Å². The van der Waals surface area contributed by atoms with E-state index in [4.69, 9.17) is 10.00 Å². The molecule has 0 aliphatic carbocycles. The summed E-state index contributed by atoms with van der Waals surface area (Å²) in [5.41, 5.74) is 6.00. The van der Waals surface area contributed by atoms with Gasteiger partial charge in [0.15, 0.2) is 0 Å². The highest BCUT2D eigenvalue weighted by molar-refractivity contribution is 7.96. The van der Waals surface area contributed by atoms with Crippen molar-refractivity contribution < 1.29 is 4.74 Å². The van der Waals surface area contributed by atoms with Crippen LogP contribution in [0.3, 0.4) is 0 Å². The van der Waals surface area contributed by atoms with E-state index in [1.54, 1.807) is 0 Å². The summed E-state index contributed by atoms with van der Waals surface area (Å²) in [4.78, 5) is 0. The Labute approximate surface area is 187 Å². The summed E-state index contributed by atoms with van der Waals surface area (Å²) in [6.45, 7) is 0. The molecule has 30 heavy (non-hydrogen) atoms. The lowest BCUT2D eigenvalue weighted by Crippen LogP contribution is -2.11. The van der Waals surface area contributed by atoms with E-state index >= 15 is 0 Å². The molecule has 0 aromatic heterocycles. The van der Waals surface area contributed by atoms with E-state index in [1.165, 1.54) is 71.1 Å². The molecule has 4 heteroatoms. The second-order valence-electron chi connectivity index (χ2n) is 8.17. The standard InChI is InChI=1S/C26H31NOS2/c1-28-26-17-24(19-29-12-2-3-13-29)23(16-25(26)20-30-14-4-5-15-30)11-10-21-6-8-22(18-27)9-7-21/h6-11,16-17H,2-5,12-15,19-20H2,1H3/q+2/b11-10+. The molecule has 0 atom stereocenters. The summed E-state index contributed by atoms with van der Waals surface area (Å²) < 4.78 is 5.86. The number of hydrogen-bond acceptors (Lipinski definition) is 2. The van der Waals surface area contributed by atoms with Crippen LogP contribution in [0, 0.1) is 11.3 Å². The van der Waals surface area contributed by atoms with Crippen LogP contribution in [0.2, 0.25) is 0 Å². The van der Waals surface area contributed by atoms with Gasteiger partial charge < -0.3 is 4.74 Å². The maximum absolute atomic E-state index is 9.03. The van der Waals surface area contributed by atoms with E-state index in [2.05, 4.69) is 30.4 Å². The summed E-state index contributed by atoms with van der Waals surface area (Å²) in [6, 6.07) is 14.8. The first-order chi connectivity index (χ1) is 14.7. The first-order valence-electron chi connectivity index (χ1n) is 10.9. The molecular weight excluding hydrogens is 406 g/mol. The molecule has 2 nitrogen and oxygen atoms in total. The Morgan fingerprint density at radius 1 is 0.867 bits per heavy atom. The second kappa shape index (κ2) is 10.5. The summed E-state index contributed by atoms with van der Waals surface area (Å²) in [7, 11) is 2.85. The Kier molecular flexibility index (Phi) is 7.47. The molecule has 0 spiro atoms. The maximum atomic E-state index is 9.03. The van der Waals surface area contributed by atoms with Crippen LogP contribution in [-0.2, 0) is 33.3 Å². The van der Waals surface area contributed by atoms with Gasteiger partial charge in [0.25, 0.3) is 0 Å². The van der Waals surface area contributed by atoms with Crippen molar-refractivity contribution in [3.63, 3.8) is 0 Å². The Bertz CT molecular complexity index is 917. The fourth-order valence-corrected chi connectivity index (χ4v) is 9.07. The fourth-order valence-electron chi connectivity index (χ4n) is 4.28. The molecule has 2 heterocycles. The van der Waals surface area contributed by atoms with Gasteiger partial charge in [-0.3, -0.25) is 0 Å². The molecule has 2 aliphatic heterocycles. The minimum Gasteiger partial charge on any atom is -0.496 e. The zero-order chi connectivity index (χ0) is 20.8. The quantitative estimate of drug-likeness (QED) is 0.419. The molecule has 0 radical (unpaired) electrons. The molecule has 156 valence electrons. The van der Waals surface area contributed by atoms with Crippen molar-refractivity contribution in [3.05, 3.63) is 64.2 Å². The van der Waals surface area contributed by atoms with Gasteiger partial charge in [0, 0.05) is 11.1 Å². The van der Waals surface area contributed by atoms with Crippen LogP contribution in [0.15, 0.2) is 36.4 Å². The van der Waals surface area contributed by atoms with Crippen LogP contribution < -0.4 is 4.74 Å². The van der Waals surface area contributed by atoms with Gasteiger partial charge in [-0.15, -0.1) is 0 Å². The summed E-state index contributed by atoms with van der Waals surface area (Å²) in [5, 5.41) is 9.03. The van der Waals surface area contributed by atoms with Crippen LogP contribution >= 0.6 is 0 Å². The summed E-state index contributed by atoms with van der Waals surface area (Å²) in [5.74, 6) is 8.94. The van der Waals surface area contributed by atoms with Gasteiger partial charge in [-0.2, -0.15) is 5.26 Å². The SMILES string of the molecule is COc1cc(C[S+]2CCCC2)c(/C=C/c2ccc(C#N)cc2)cc1C[S+]1CCCC1. The monoisotopic (exact) mass is 437 g/mol. The molecule has 2 fully saturated rings. The molecule has 4 rings (SSSR count). The average molecular weight is 438 g/mol. The van der Waals surface area contributed by atoms with Crippen molar-refractivity contribution in [1.82, 2.24) is 0 Å². The maximum Gasteiger partial charge on any atom is 0.136 e. The molecule has 0 saturated carbocycles. The molecule has 0 N–H and O–H groups in total. The molecule has 2 aromatic rings. The molecule has 0 amide bonds. The van der Waals surface area contributed by atoms with Crippen LogP contribution in [0.5, 0.6) is 5.75 Å². The van der Waals surface area contributed by atoms with Gasteiger partial charge in [-0.1, -0.05) is 24.3 Å². The molecule has 0 bridgehead atoms. The lowest BCUT2D eigenvalue weighted by molar-refractivity contribution is 0.411. The zero-order valence-electron chi connectivity index (χ0n) is 17.9. The number of rotatable bonds is 7. The summed E-state index contributed by atoms with van der Waals surface area (Å²) in [6.07, 6.45) is 10.0. The van der Waals surface area contributed by atoms with Gasteiger partial charge in [0.1, 0.15) is 40.3 Å². The number of benzene rings is 2. The van der Waals surface area contributed by atoms with E-state index in [-0.39, 0.29) is 0 Å². The first kappa shape index (κ1) is 21.4. The molecule has 0 unspecified atom stereocenters. The third-order valence-corrected chi connectivity index (χ3v) is 10.9. The summed E-state index contributed by atoms with van der Waals surface area (Å²) >= 11 is 0. The fraction of sp³-hybridized carbons (Fsp3) is 0.423. The Hall–Kier alpha value is -1.83. The van der Waals surface area contributed by atoms with E-state index < -0.39 is 0 Å². The third-order valence-electron chi connectivity index (χ3n) is 5.99. The Morgan fingerprint density at radius 2 is 1.47 bits per heavy atom. The Balaban J connectivity index is 1.64. The lowest BCUT2D eigenvalue weighted by atomic mass is 10.0. The number of nitrogens with zero attached hydrogens (tertiary/aromatic N) is 1. The largest absolute Gasteiger partial charge is 0.496 e. The minimum atomic E-state index is 0.514. The van der Waals surface area contributed by atoms with Gasteiger partial charge >= 0.3 is 0 Å². The normalized spacial score (nSPS) is 17.6. The van der Waals surface area contributed by atoms with Crippen molar-refractivity contribution in [2.75, 3.05) is 30.1 Å². The lowest BCUT2D eigenvalue weighted by Gasteiger charge is -2.13. The van der Waals surface area contributed by atoms with E-state index in [1.807, 2.05) is 31.4 Å². The van der Waals surface area contributed by atoms with Crippen molar-refractivity contribution in [2.45, 2.75) is 37.2 Å². The first-order valence-corrected chi connectivity index (χ1v) is 14.4. The molecule has 2 aliphatic rings. The number of nitriles is 1. The van der Waals surface area contributed by atoms with Crippen LogP contribution in [0.25, 0.3) is 12.2 Å². The molecule has 2 aromatic carbocycles. The number of ether oxygens (including phenoxy) is 1. The molecule has 2 saturated heterocycles. The number of hydrogen-bond donors (Lipinski definition) is 0. The third kappa shape index (κ3) is 5.45. The van der Waals surface area contributed by atoms with Gasteiger partial charge in [-0.05, 0) is 82.9 Å². The highest BCUT2D eigenvalue weighted by Gasteiger charge is 2.28. The topological polar surface area (TPSA) is 33.0 Å². The highest BCUT2D eigenvalue weighted by atomic mass is 32.2. The van der Waals surface area contributed by atoms with E-state index in [9.17, 15) is 0 Å². The van der Waals surface area contributed by atoms with Crippen LogP contribution in [0.1, 0.15) is 53.5 Å². The predicted octanol–water partition coefficient (Wildman–Crippen LogP) is 5.56. The second-order valence-corrected chi connectivity index (χ2v) is 12.8. The van der Waals surface area contributed by atoms with E-state index in [0.29, 0.717) is 27.4 Å². The average Bonchev–Trinajstić information content (AvgIpc) is 3.48. The van der Waals surface area contributed by atoms with Crippen molar-refractivity contribution in [2.24, 2.45) is 0 Å².